The summed E-state index contributed by atoms with van der Waals surface area (Å²) in [6, 6.07) is 12.2. The summed E-state index contributed by atoms with van der Waals surface area (Å²) >= 11 is 7.77. The standard InChI is InChI=1S/C20H20ClN3O3S/c21-18-6-4-15(13-19(18)24(26)27)5-7-20(25)22-17-3-1-2-16(12-17)14-23-8-10-28-11-9-23/h1-7,12-13H,8-11,14H2,(H,22,25)/b7-5+. The number of nitrogens with one attached hydrogen (secondary N) is 1. The fraction of sp³-hybridized carbons (Fsp3) is 0.250. The highest BCUT2D eigenvalue weighted by molar-refractivity contribution is 7.99. The van der Waals surface area contributed by atoms with Gasteiger partial charge in [-0.15, -0.1) is 0 Å². The molecule has 1 saturated heterocycles. The summed E-state index contributed by atoms with van der Waals surface area (Å²) in [5, 5.41) is 13.8. The molecule has 0 radical (unpaired) electrons. The molecule has 1 heterocycles. The number of anilines is 1. The van der Waals surface area contributed by atoms with Gasteiger partial charge < -0.3 is 5.32 Å². The third kappa shape index (κ3) is 5.82. The van der Waals surface area contributed by atoms with Gasteiger partial charge in [0.25, 0.3) is 5.69 Å². The van der Waals surface area contributed by atoms with Crippen molar-refractivity contribution in [2.75, 3.05) is 29.9 Å². The summed E-state index contributed by atoms with van der Waals surface area (Å²) in [6.07, 6.45) is 2.87. The Morgan fingerprint density at radius 1 is 1.25 bits per heavy atom. The van der Waals surface area contributed by atoms with Crippen LogP contribution in [0.5, 0.6) is 0 Å². The first-order chi connectivity index (χ1) is 13.5. The maximum atomic E-state index is 12.2. The van der Waals surface area contributed by atoms with Crippen LogP contribution < -0.4 is 5.32 Å². The largest absolute Gasteiger partial charge is 0.323 e. The molecule has 8 heteroatoms. The predicted molar refractivity (Wildman–Crippen MR) is 115 cm³/mol. The molecule has 1 aliphatic rings. The molecule has 0 bridgehead atoms. The van der Waals surface area contributed by atoms with Gasteiger partial charge in [-0.2, -0.15) is 11.8 Å². The second kappa shape index (κ2) is 9.73. The quantitative estimate of drug-likeness (QED) is 0.427. The van der Waals surface area contributed by atoms with Crippen LogP contribution in [0, 0.1) is 10.1 Å². The van der Waals surface area contributed by atoms with Crippen LogP contribution in [0.1, 0.15) is 11.1 Å². The van der Waals surface area contributed by atoms with E-state index in [4.69, 9.17) is 11.6 Å². The third-order valence-corrected chi connectivity index (χ3v) is 5.56. The number of carbonyl (C=O) groups is 1. The third-order valence-electron chi connectivity index (χ3n) is 4.30. The average molecular weight is 418 g/mol. The minimum atomic E-state index is -0.549. The van der Waals surface area contributed by atoms with E-state index in [-0.39, 0.29) is 16.6 Å². The molecule has 1 N–H and O–H groups in total. The van der Waals surface area contributed by atoms with E-state index in [2.05, 4.69) is 16.3 Å². The van der Waals surface area contributed by atoms with Gasteiger partial charge in [-0.1, -0.05) is 29.8 Å². The second-order valence-electron chi connectivity index (χ2n) is 6.38. The molecule has 2 aromatic carbocycles. The van der Waals surface area contributed by atoms with Crippen molar-refractivity contribution in [3.63, 3.8) is 0 Å². The van der Waals surface area contributed by atoms with Crippen molar-refractivity contribution in [3.05, 3.63) is 74.8 Å². The molecule has 0 aliphatic carbocycles. The first kappa shape index (κ1) is 20.4. The molecule has 1 aliphatic heterocycles. The van der Waals surface area contributed by atoms with Crippen LogP contribution in [0.4, 0.5) is 11.4 Å². The number of thioether (sulfide) groups is 1. The maximum Gasteiger partial charge on any atom is 0.288 e. The van der Waals surface area contributed by atoms with E-state index in [1.165, 1.54) is 24.3 Å². The van der Waals surface area contributed by atoms with Crippen LogP contribution in [0.2, 0.25) is 5.02 Å². The molecular weight excluding hydrogens is 398 g/mol. The summed E-state index contributed by atoms with van der Waals surface area (Å²) < 4.78 is 0. The lowest BCUT2D eigenvalue weighted by Gasteiger charge is -2.26. The van der Waals surface area contributed by atoms with Crippen LogP contribution in [0.25, 0.3) is 6.08 Å². The fourth-order valence-corrected chi connectivity index (χ4v) is 4.06. The SMILES string of the molecule is O=C(/C=C/c1ccc(Cl)c([N+](=O)[O-])c1)Nc1cccc(CN2CCSCC2)c1. The van der Waals surface area contributed by atoms with Crippen molar-refractivity contribution < 1.29 is 9.72 Å². The molecule has 3 rings (SSSR count). The van der Waals surface area contributed by atoms with Gasteiger partial charge in [0.1, 0.15) is 5.02 Å². The fourth-order valence-electron chi connectivity index (χ4n) is 2.89. The highest BCUT2D eigenvalue weighted by Crippen LogP contribution is 2.25. The van der Waals surface area contributed by atoms with Crippen LogP contribution in [-0.2, 0) is 11.3 Å². The van der Waals surface area contributed by atoms with Crippen molar-refractivity contribution in [2.24, 2.45) is 0 Å². The van der Waals surface area contributed by atoms with Crippen LogP contribution in [-0.4, -0.2) is 40.3 Å². The van der Waals surface area contributed by atoms with E-state index in [0.717, 1.165) is 42.4 Å². The van der Waals surface area contributed by atoms with E-state index < -0.39 is 4.92 Å². The molecule has 1 amide bonds. The van der Waals surface area contributed by atoms with Gasteiger partial charge in [-0.3, -0.25) is 19.8 Å². The Balaban J connectivity index is 1.61. The number of benzene rings is 2. The summed E-state index contributed by atoms with van der Waals surface area (Å²) in [7, 11) is 0. The summed E-state index contributed by atoms with van der Waals surface area (Å²) in [5.41, 5.74) is 2.22. The highest BCUT2D eigenvalue weighted by atomic mass is 35.5. The lowest BCUT2D eigenvalue weighted by Crippen LogP contribution is -2.31. The Labute approximate surface area is 172 Å². The van der Waals surface area contributed by atoms with Crippen molar-refractivity contribution in [2.45, 2.75) is 6.54 Å². The number of rotatable bonds is 6. The molecule has 2 aromatic rings. The van der Waals surface area contributed by atoms with Crippen LogP contribution in [0.15, 0.2) is 48.5 Å². The summed E-state index contributed by atoms with van der Waals surface area (Å²) in [5.74, 6) is 2.01. The molecule has 6 nitrogen and oxygen atoms in total. The number of hydrogen-bond acceptors (Lipinski definition) is 5. The van der Waals surface area contributed by atoms with Gasteiger partial charge in [0.05, 0.1) is 4.92 Å². The molecule has 0 spiro atoms. The van der Waals surface area contributed by atoms with Gasteiger partial charge in [0, 0.05) is 49.0 Å². The number of amides is 1. The summed E-state index contributed by atoms with van der Waals surface area (Å²) in [6.45, 7) is 3.03. The summed E-state index contributed by atoms with van der Waals surface area (Å²) in [4.78, 5) is 25.0. The Morgan fingerprint density at radius 2 is 2.04 bits per heavy atom. The van der Waals surface area contributed by atoms with Gasteiger partial charge in [0.2, 0.25) is 5.91 Å². The lowest BCUT2D eigenvalue weighted by molar-refractivity contribution is -0.384. The zero-order valence-corrected chi connectivity index (χ0v) is 16.7. The number of halogens is 1. The smallest absolute Gasteiger partial charge is 0.288 e. The first-order valence-electron chi connectivity index (χ1n) is 8.83. The van der Waals surface area contributed by atoms with Crippen molar-refractivity contribution in [1.29, 1.82) is 0 Å². The zero-order chi connectivity index (χ0) is 19.9. The van der Waals surface area contributed by atoms with Gasteiger partial charge >= 0.3 is 0 Å². The molecule has 0 unspecified atom stereocenters. The second-order valence-corrected chi connectivity index (χ2v) is 8.01. The van der Waals surface area contributed by atoms with E-state index in [1.54, 1.807) is 6.07 Å². The molecule has 28 heavy (non-hydrogen) atoms. The molecule has 0 atom stereocenters. The Bertz CT molecular complexity index is 898. The highest BCUT2D eigenvalue weighted by Gasteiger charge is 2.12. The minimum absolute atomic E-state index is 0.0655. The Kier molecular flexibility index (Phi) is 7.08. The molecule has 1 fully saturated rings. The number of nitrogens with zero attached hydrogens (tertiary/aromatic N) is 2. The van der Waals surface area contributed by atoms with Crippen molar-refractivity contribution in [1.82, 2.24) is 4.90 Å². The van der Waals surface area contributed by atoms with Crippen LogP contribution in [0.3, 0.4) is 0 Å². The van der Waals surface area contributed by atoms with E-state index in [0.29, 0.717) is 5.56 Å². The van der Waals surface area contributed by atoms with E-state index in [1.807, 2.05) is 30.0 Å². The van der Waals surface area contributed by atoms with Crippen molar-refractivity contribution in [3.8, 4) is 0 Å². The van der Waals surface area contributed by atoms with E-state index in [9.17, 15) is 14.9 Å². The molecule has 0 aromatic heterocycles. The molecular formula is C20H20ClN3O3S. The van der Waals surface area contributed by atoms with Gasteiger partial charge in [-0.25, -0.2) is 0 Å². The Morgan fingerprint density at radius 3 is 2.79 bits per heavy atom. The number of hydrogen-bond donors (Lipinski definition) is 1. The van der Waals surface area contributed by atoms with E-state index >= 15 is 0 Å². The minimum Gasteiger partial charge on any atom is -0.323 e. The first-order valence-corrected chi connectivity index (χ1v) is 10.4. The number of carbonyl (C=O) groups excluding carboxylic acids is 1. The average Bonchev–Trinajstić information content (AvgIpc) is 2.68. The molecule has 146 valence electrons. The van der Waals surface area contributed by atoms with Crippen molar-refractivity contribution >= 4 is 46.7 Å². The number of nitro benzene ring substituents is 1. The number of nitro groups is 1. The molecule has 0 saturated carbocycles. The van der Waals surface area contributed by atoms with Gasteiger partial charge in [-0.05, 0) is 35.4 Å². The van der Waals surface area contributed by atoms with Gasteiger partial charge in [0.15, 0.2) is 0 Å². The maximum absolute atomic E-state index is 12.2. The monoisotopic (exact) mass is 417 g/mol. The predicted octanol–water partition coefficient (Wildman–Crippen LogP) is 4.45. The van der Waals surface area contributed by atoms with Crippen LogP contribution >= 0.6 is 23.4 Å². The lowest BCUT2D eigenvalue weighted by atomic mass is 10.1. The topological polar surface area (TPSA) is 75.5 Å². The normalized spacial score (nSPS) is 14.9. The zero-order valence-electron chi connectivity index (χ0n) is 15.1. The Hall–Kier alpha value is -2.35.